The fourth-order valence-corrected chi connectivity index (χ4v) is 3.34. The molecule has 2 rings (SSSR count). The van der Waals surface area contributed by atoms with Gasteiger partial charge < -0.3 is 5.73 Å². The molecule has 4 nitrogen and oxygen atoms in total. The molecule has 17 heavy (non-hydrogen) atoms. The Morgan fingerprint density at radius 2 is 1.94 bits per heavy atom. The number of hydrogen-bond acceptors (Lipinski definition) is 3. The number of nitrogens with one attached hydrogen (secondary N) is 1. The minimum Gasteiger partial charge on any atom is -0.399 e. The summed E-state index contributed by atoms with van der Waals surface area (Å²) in [7, 11) is -3.21. The van der Waals surface area contributed by atoms with Crippen LogP contribution < -0.4 is 10.5 Å². The van der Waals surface area contributed by atoms with Gasteiger partial charge in [-0.1, -0.05) is 0 Å². The minimum atomic E-state index is -3.21. The molecule has 94 valence electrons. The fraction of sp³-hybridized carbons (Fsp3) is 0.500. The number of sulfonamides is 1. The summed E-state index contributed by atoms with van der Waals surface area (Å²) in [5.41, 5.74) is 8.83. The van der Waals surface area contributed by atoms with Gasteiger partial charge in [0.05, 0.1) is 11.4 Å². The van der Waals surface area contributed by atoms with E-state index in [9.17, 15) is 8.42 Å². The second-order valence-electron chi connectivity index (χ2n) is 4.85. The van der Waals surface area contributed by atoms with Gasteiger partial charge in [-0.2, -0.15) is 0 Å². The van der Waals surface area contributed by atoms with Crippen molar-refractivity contribution in [2.75, 3.05) is 16.2 Å². The molecule has 0 spiro atoms. The van der Waals surface area contributed by atoms with Crippen LogP contribution in [0, 0.1) is 19.8 Å². The molecule has 0 radical (unpaired) electrons. The number of hydrogen-bond donors (Lipinski definition) is 2. The van der Waals surface area contributed by atoms with Gasteiger partial charge in [0.1, 0.15) is 0 Å². The molecule has 0 aromatic heterocycles. The maximum atomic E-state index is 11.9. The Bertz CT molecular complexity index is 534. The van der Waals surface area contributed by atoms with Gasteiger partial charge in [0, 0.05) is 5.69 Å². The summed E-state index contributed by atoms with van der Waals surface area (Å²) >= 11 is 0. The number of benzene rings is 1. The van der Waals surface area contributed by atoms with Gasteiger partial charge in [-0.15, -0.1) is 0 Å². The van der Waals surface area contributed by atoms with E-state index in [0.29, 0.717) is 17.3 Å². The number of anilines is 2. The summed E-state index contributed by atoms with van der Waals surface area (Å²) in [5, 5.41) is 0. The first kappa shape index (κ1) is 12.2. The fourth-order valence-electron chi connectivity index (χ4n) is 1.75. The monoisotopic (exact) mass is 254 g/mol. The molecule has 1 aliphatic rings. The lowest BCUT2D eigenvalue weighted by molar-refractivity contribution is 0.597. The first-order valence-electron chi connectivity index (χ1n) is 5.74. The van der Waals surface area contributed by atoms with E-state index < -0.39 is 10.0 Å². The number of rotatable bonds is 4. The van der Waals surface area contributed by atoms with Crippen LogP contribution in [0.25, 0.3) is 0 Å². The second-order valence-corrected chi connectivity index (χ2v) is 6.62. The standard InChI is InChI=1S/C12H18N2O2S/c1-8-6-12(9(2)5-11(8)13)14-17(15,16)7-10-3-4-10/h5-6,10,14H,3-4,7,13H2,1-2H3. The third-order valence-corrected chi connectivity index (χ3v) is 4.47. The predicted molar refractivity (Wildman–Crippen MR) is 70.5 cm³/mol. The molecule has 0 saturated heterocycles. The van der Waals surface area contributed by atoms with E-state index in [0.717, 1.165) is 24.0 Å². The molecule has 0 amide bonds. The smallest absolute Gasteiger partial charge is 0.233 e. The van der Waals surface area contributed by atoms with Crippen LogP contribution in [0.2, 0.25) is 0 Å². The summed E-state index contributed by atoms with van der Waals surface area (Å²) < 4.78 is 26.4. The van der Waals surface area contributed by atoms with E-state index in [2.05, 4.69) is 4.72 Å². The van der Waals surface area contributed by atoms with Crippen LogP contribution in [0.5, 0.6) is 0 Å². The molecule has 1 aromatic carbocycles. The van der Waals surface area contributed by atoms with Gasteiger partial charge in [0.25, 0.3) is 0 Å². The Kier molecular flexibility index (Phi) is 3.03. The average molecular weight is 254 g/mol. The van der Waals surface area contributed by atoms with Crippen molar-refractivity contribution in [2.24, 2.45) is 5.92 Å². The van der Waals surface area contributed by atoms with Crippen LogP contribution in [-0.2, 0) is 10.0 Å². The lowest BCUT2D eigenvalue weighted by atomic mass is 10.1. The number of nitrogens with two attached hydrogens (primary N) is 1. The van der Waals surface area contributed by atoms with Crippen LogP contribution in [0.3, 0.4) is 0 Å². The molecule has 0 atom stereocenters. The molecule has 1 fully saturated rings. The van der Waals surface area contributed by atoms with Crippen LogP contribution in [0.4, 0.5) is 11.4 Å². The molecule has 0 unspecified atom stereocenters. The second kappa shape index (κ2) is 4.22. The third kappa shape index (κ3) is 3.12. The largest absolute Gasteiger partial charge is 0.399 e. The molecule has 1 aliphatic carbocycles. The molecule has 0 heterocycles. The van der Waals surface area contributed by atoms with Crippen molar-refractivity contribution in [1.82, 2.24) is 0 Å². The van der Waals surface area contributed by atoms with E-state index in [4.69, 9.17) is 5.73 Å². The van der Waals surface area contributed by atoms with E-state index >= 15 is 0 Å². The SMILES string of the molecule is Cc1cc(NS(=O)(=O)CC2CC2)c(C)cc1N. The molecule has 0 aliphatic heterocycles. The quantitative estimate of drug-likeness (QED) is 0.808. The van der Waals surface area contributed by atoms with Crippen molar-refractivity contribution in [1.29, 1.82) is 0 Å². The Morgan fingerprint density at radius 3 is 2.53 bits per heavy atom. The van der Waals surface area contributed by atoms with Crippen LogP contribution >= 0.6 is 0 Å². The topological polar surface area (TPSA) is 72.2 Å². The molecular formula is C12H18N2O2S. The van der Waals surface area contributed by atoms with Gasteiger partial charge in [-0.25, -0.2) is 8.42 Å². The lowest BCUT2D eigenvalue weighted by Gasteiger charge is -2.12. The zero-order valence-electron chi connectivity index (χ0n) is 10.2. The van der Waals surface area contributed by atoms with Crippen LogP contribution in [-0.4, -0.2) is 14.2 Å². The number of aryl methyl sites for hydroxylation is 2. The zero-order chi connectivity index (χ0) is 12.6. The summed E-state index contributed by atoms with van der Waals surface area (Å²) in [4.78, 5) is 0. The Morgan fingerprint density at radius 1 is 1.29 bits per heavy atom. The van der Waals surface area contributed by atoms with Crippen molar-refractivity contribution in [3.8, 4) is 0 Å². The number of nitrogen functional groups attached to an aromatic ring is 1. The molecule has 0 bridgehead atoms. The van der Waals surface area contributed by atoms with Crippen LogP contribution in [0.15, 0.2) is 12.1 Å². The molecular weight excluding hydrogens is 236 g/mol. The summed E-state index contributed by atoms with van der Waals surface area (Å²) in [6, 6.07) is 3.58. The van der Waals surface area contributed by atoms with Gasteiger partial charge in [0.15, 0.2) is 0 Å². The van der Waals surface area contributed by atoms with E-state index in [1.165, 1.54) is 0 Å². The van der Waals surface area contributed by atoms with Crippen molar-refractivity contribution in [3.63, 3.8) is 0 Å². The van der Waals surface area contributed by atoms with Gasteiger partial charge in [0.2, 0.25) is 10.0 Å². The first-order chi connectivity index (χ1) is 7.87. The molecule has 5 heteroatoms. The highest BCUT2D eigenvalue weighted by molar-refractivity contribution is 7.92. The summed E-state index contributed by atoms with van der Waals surface area (Å²) in [5.74, 6) is 0.582. The minimum absolute atomic E-state index is 0.232. The van der Waals surface area contributed by atoms with E-state index in [1.54, 1.807) is 12.1 Å². The average Bonchev–Trinajstić information content (AvgIpc) is 2.96. The first-order valence-corrected chi connectivity index (χ1v) is 7.40. The van der Waals surface area contributed by atoms with Gasteiger partial charge in [-0.3, -0.25) is 4.72 Å². The normalized spacial score (nSPS) is 15.9. The highest BCUT2D eigenvalue weighted by atomic mass is 32.2. The Labute approximate surface area is 102 Å². The van der Waals surface area contributed by atoms with Crippen molar-refractivity contribution in [2.45, 2.75) is 26.7 Å². The Hall–Kier alpha value is -1.23. The van der Waals surface area contributed by atoms with Gasteiger partial charge >= 0.3 is 0 Å². The molecule has 1 saturated carbocycles. The van der Waals surface area contributed by atoms with Crippen LogP contribution in [0.1, 0.15) is 24.0 Å². The molecule has 3 N–H and O–H groups in total. The van der Waals surface area contributed by atoms with E-state index in [-0.39, 0.29) is 5.75 Å². The lowest BCUT2D eigenvalue weighted by Crippen LogP contribution is -2.18. The zero-order valence-corrected chi connectivity index (χ0v) is 11.0. The van der Waals surface area contributed by atoms with Crippen molar-refractivity contribution < 1.29 is 8.42 Å². The third-order valence-electron chi connectivity index (χ3n) is 3.03. The summed E-state index contributed by atoms with van der Waals surface area (Å²) in [6.07, 6.45) is 2.06. The van der Waals surface area contributed by atoms with Crippen molar-refractivity contribution >= 4 is 21.4 Å². The van der Waals surface area contributed by atoms with E-state index in [1.807, 2.05) is 13.8 Å². The maximum absolute atomic E-state index is 11.9. The summed E-state index contributed by atoms with van der Waals surface area (Å²) in [6.45, 7) is 3.72. The maximum Gasteiger partial charge on any atom is 0.233 e. The van der Waals surface area contributed by atoms with Crippen molar-refractivity contribution in [3.05, 3.63) is 23.3 Å². The Balaban J connectivity index is 2.20. The highest BCUT2D eigenvalue weighted by Crippen LogP contribution is 2.31. The predicted octanol–water partition coefficient (Wildman–Crippen LogP) is 2.04. The molecule has 1 aromatic rings. The van der Waals surface area contributed by atoms with Gasteiger partial charge in [-0.05, 0) is 55.9 Å². The highest BCUT2D eigenvalue weighted by Gasteiger charge is 2.28.